The van der Waals surface area contributed by atoms with Crippen LogP contribution in [0.1, 0.15) is 21.7 Å². The molecular weight excluding hydrogens is 364 g/mol. The Morgan fingerprint density at radius 2 is 2.07 bits per heavy atom. The van der Waals surface area contributed by atoms with E-state index in [4.69, 9.17) is 9.52 Å². The van der Waals surface area contributed by atoms with Crippen LogP contribution in [0.3, 0.4) is 0 Å². The minimum Gasteiger partial charge on any atom is -0.504 e. The van der Waals surface area contributed by atoms with Crippen LogP contribution in [0.4, 0.5) is 11.7 Å². The van der Waals surface area contributed by atoms with Crippen LogP contribution >= 0.6 is 0 Å². The van der Waals surface area contributed by atoms with Crippen LogP contribution in [-0.2, 0) is 0 Å². The number of anilines is 1. The van der Waals surface area contributed by atoms with Gasteiger partial charge in [-0.05, 0) is 18.2 Å². The Hall–Kier alpha value is -3.17. The normalized spacial score (nSPS) is 18.0. The summed E-state index contributed by atoms with van der Waals surface area (Å²) < 4.78 is 5.79. The van der Waals surface area contributed by atoms with E-state index in [2.05, 4.69) is 14.9 Å². The first-order valence-corrected chi connectivity index (χ1v) is 8.97. The molecule has 28 heavy (non-hydrogen) atoms. The van der Waals surface area contributed by atoms with E-state index in [0.29, 0.717) is 44.1 Å². The van der Waals surface area contributed by atoms with E-state index in [1.807, 2.05) is 6.07 Å². The highest BCUT2D eigenvalue weighted by Gasteiger charge is 2.30. The number of carbonyl (C=O) groups is 1. The quantitative estimate of drug-likeness (QED) is 0.708. The van der Waals surface area contributed by atoms with Gasteiger partial charge < -0.3 is 24.6 Å². The molecule has 9 heteroatoms. The molecule has 4 heterocycles. The molecule has 0 aliphatic carbocycles. The molecule has 0 spiro atoms. The van der Waals surface area contributed by atoms with Crippen molar-refractivity contribution in [3.63, 3.8) is 0 Å². The van der Waals surface area contributed by atoms with Crippen LogP contribution < -0.4 is 4.90 Å². The number of allylic oxidation sites excluding steroid dienone is 1. The lowest BCUT2D eigenvalue weighted by Crippen LogP contribution is -2.47. The summed E-state index contributed by atoms with van der Waals surface area (Å²) in [7, 11) is 0. The third-order valence-corrected chi connectivity index (χ3v) is 4.89. The number of pyridine rings is 1. The molecule has 0 bridgehead atoms. The predicted molar refractivity (Wildman–Crippen MR) is 103 cm³/mol. The molecule has 4 rings (SSSR count). The van der Waals surface area contributed by atoms with E-state index < -0.39 is 11.7 Å². The van der Waals surface area contributed by atoms with Gasteiger partial charge in [0, 0.05) is 56.3 Å². The van der Waals surface area contributed by atoms with Gasteiger partial charge in [-0.25, -0.2) is 14.8 Å². The van der Waals surface area contributed by atoms with Gasteiger partial charge in [0.15, 0.2) is 22.9 Å². The van der Waals surface area contributed by atoms with Crippen molar-refractivity contribution >= 4 is 35.5 Å². The van der Waals surface area contributed by atoms with Gasteiger partial charge in [-0.2, -0.15) is 0 Å². The van der Waals surface area contributed by atoms with Crippen molar-refractivity contribution in [1.29, 1.82) is 0 Å². The number of aromatic nitrogens is 1. The SMILES string of the molecule is O=C(O)c1c(N2CCN(CCO)CC2)oc(C=C2C=Nc3ncccc32)c1O. The first kappa shape index (κ1) is 18.2. The number of hydrogen-bond acceptors (Lipinski definition) is 8. The lowest BCUT2D eigenvalue weighted by Gasteiger charge is -2.34. The molecule has 9 nitrogen and oxygen atoms in total. The van der Waals surface area contributed by atoms with Gasteiger partial charge >= 0.3 is 5.97 Å². The molecule has 1 saturated heterocycles. The Bertz CT molecular complexity index is 957. The second-order valence-corrected chi connectivity index (χ2v) is 6.58. The van der Waals surface area contributed by atoms with Crippen molar-refractivity contribution in [2.45, 2.75) is 0 Å². The van der Waals surface area contributed by atoms with Crippen LogP contribution in [0.5, 0.6) is 5.75 Å². The average Bonchev–Trinajstić information content (AvgIpc) is 3.25. The maximum atomic E-state index is 11.8. The highest BCUT2D eigenvalue weighted by molar-refractivity contribution is 6.21. The van der Waals surface area contributed by atoms with Gasteiger partial charge in [0.25, 0.3) is 0 Å². The summed E-state index contributed by atoms with van der Waals surface area (Å²) in [6.07, 6.45) is 4.82. The number of furan rings is 1. The summed E-state index contributed by atoms with van der Waals surface area (Å²) in [5, 5.41) is 29.2. The van der Waals surface area contributed by atoms with E-state index in [1.54, 1.807) is 29.5 Å². The number of aliphatic imine (C=N–C) groups is 1. The number of hydrogen-bond donors (Lipinski definition) is 3. The maximum Gasteiger partial charge on any atom is 0.345 e. The number of piperazine rings is 1. The molecule has 1 fully saturated rings. The van der Waals surface area contributed by atoms with Gasteiger partial charge in [-0.1, -0.05) is 0 Å². The van der Waals surface area contributed by atoms with Gasteiger partial charge in [0.1, 0.15) is 0 Å². The van der Waals surface area contributed by atoms with Crippen molar-refractivity contribution in [2.75, 3.05) is 44.2 Å². The van der Waals surface area contributed by atoms with E-state index >= 15 is 0 Å². The second-order valence-electron chi connectivity index (χ2n) is 6.58. The largest absolute Gasteiger partial charge is 0.504 e. The molecule has 2 aliphatic rings. The zero-order valence-electron chi connectivity index (χ0n) is 15.1. The Labute approximate surface area is 160 Å². The summed E-state index contributed by atoms with van der Waals surface area (Å²) in [6, 6.07) is 3.63. The third kappa shape index (κ3) is 3.25. The van der Waals surface area contributed by atoms with Crippen molar-refractivity contribution in [1.82, 2.24) is 9.88 Å². The number of aromatic hydroxyl groups is 1. The fourth-order valence-electron chi connectivity index (χ4n) is 3.44. The van der Waals surface area contributed by atoms with Crippen LogP contribution in [-0.4, -0.2) is 76.7 Å². The molecule has 0 aromatic carbocycles. The zero-order chi connectivity index (χ0) is 19.7. The summed E-state index contributed by atoms with van der Waals surface area (Å²) in [4.78, 5) is 24.0. The van der Waals surface area contributed by atoms with Crippen molar-refractivity contribution in [2.24, 2.45) is 4.99 Å². The average molecular weight is 384 g/mol. The van der Waals surface area contributed by atoms with Gasteiger partial charge in [-0.15, -0.1) is 0 Å². The topological polar surface area (TPSA) is 123 Å². The minimum absolute atomic E-state index is 0.0725. The van der Waals surface area contributed by atoms with Crippen molar-refractivity contribution in [3.8, 4) is 5.75 Å². The Morgan fingerprint density at radius 3 is 2.79 bits per heavy atom. The van der Waals surface area contributed by atoms with Gasteiger partial charge in [0.2, 0.25) is 5.88 Å². The number of β-amino-alcohol motifs (C(OH)–C–C–N with tert-alkyl or cyclic N) is 1. The Balaban J connectivity index is 1.66. The lowest BCUT2D eigenvalue weighted by molar-refractivity contribution is 0.0694. The smallest absolute Gasteiger partial charge is 0.345 e. The first-order chi connectivity index (χ1) is 13.6. The number of fused-ring (bicyclic) bond motifs is 1. The molecule has 0 unspecified atom stereocenters. The first-order valence-electron chi connectivity index (χ1n) is 8.97. The van der Waals surface area contributed by atoms with E-state index in [0.717, 1.165) is 5.56 Å². The molecule has 2 aliphatic heterocycles. The summed E-state index contributed by atoms with van der Waals surface area (Å²) in [6.45, 7) is 3.08. The van der Waals surface area contributed by atoms with Gasteiger partial charge in [0.05, 0.1) is 6.61 Å². The van der Waals surface area contributed by atoms with Crippen molar-refractivity contribution in [3.05, 3.63) is 35.2 Å². The Morgan fingerprint density at radius 1 is 1.29 bits per heavy atom. The number of aliphatic hydroxyl groups excluding tert-OH is 1. The number of carboxylic acids is 1. The molecule has 146 valence electrons. The van der Waals surface area contributed by atoms with Crippen LogP contribution in [0.15, 0.2) is 27.7 Å². The van der Waals surface area contributed by atoms with E-state index in [-0.39, 0.29) is 23.8 Å². The summed E-state index contributed by atoms with van der Waals surface area (Å²) in [5.41, 5.74) is 1.22. The Kier molecular flexibility index (Phi) is 4.84. The molecule has 0 radical (unpaired) electrons. The maximum absolute atomic E-state index is 11.8. The molecule has 0 saturated carbocycles. The number of aromatic carboxylic acids is 1. The lowest BCUT2D eigenvalue weighted by atomic mass is 10.1. The fourth-order valence-corrected chi connectivity index (χ4v) is 3.44. The standard InChI is InChI=1S/C19H20N4O5/c24-9-8-22-4-6-23(7-5-22)18-15(19(26)27)16(25)14(28-18)10-12-11-21-17-13(12)2-1-3-20-17/h1-3,10-11,24-25H,4-9H2,(H,26,27). The molecular formula is C19H20N4O5. The van der Waals surface area contributed by atoms with Gasteiger partial charge in [-0.3, -0.25) is 4.90 Å². The van der Waals surface area contributed by atoms with Crippen molar-refractivity contribution < 1.29 is 24.5 Å². The highest BCUT2D eigenvalue weighted by atomic mass is 16.4. The minimum atomic E-state index is -1.25. The number of nitrogens with zero attached hydrogens (tertiary/aromatic N) is 4. The molecule has 3 N–H and O–H groups in total. The monoisotopic (exact) mass is 384 g/mol. The van der Waals surface area contributed by atoms with E-state index in [9.17, 15) is 15.0 Å². The molecule has 2 aromatic rings. The number of aliphatic hydroxyl groups is 1. The number of rotatable bonds is 5. The summed E-state index contributed by atoms with van der Waals surface area (Å²) >= 11 is 0. The third-order valence-electron chi connectivity index (χ3n) is 4.89. The molecule has 0 atom stereocenters. The number of carboxylic acid groups (broad SMARTS) is 1. The fraction of sp³-hybridized carbons (Fsp3) is 0.316. The van der Waals surface area contributed by atoms with Crippen LogP contribution in [0.25, 0.3) is 11.6 Å². The second kappa shape index (κ2) is 7.45. The highest BCUT2D eigenvalue weighted by Crippen LogP contribution is 2.39. The van der Waals surface area contributed by atoms with Crippen LogP contribution in [0, 0.1) is 0 Å². The molecule has 0 amide bonds. The predicted octanol–water partition coefficient (Wildman–Crippen LogP) is 1.45. The molecule has 2 aromatic heterocycles. The van der Waals surface area contributed by atoms with E-state index in [1.165, 1.54) is 0 Å². The van der Waals surface area contributed by atoms with Crippen LogP contribution in [0.2, 0.25) is 0 Å². The zero-order valence-corrected chi connectivity index (χ0v) is 15.1. The summed E-state index contributed by atoms with van der Waals surface area (Å²) in [5.74, 6) is -0.872.